The molecule has 2 heterocycles. The highest BCUT2D eigenvalue weighted by Gasteiger charge is 2.52. The highest BCUT2D eigenvalue weighted by Crippen LogP contribution is 2.39. The number of unbranched alkanes of at least 4 members (excludes halogenated alkanes) is 5. The zero-order valence-electron chi connectivity index (χ0n) is 44.4. The molecule has 14 heteroatoms. The van der Waals surface area contributed by atoms with Crippen LogP contribution in [0.1, 0.15) is 142 Å². The molecule has 0 aromatic heterocycles. The number of hydrogen-bond donors (Lipinski definition) is 0. The van der Waals surface area contributed by atoms with E-state index in [1.165, 1.54) is 0 Å². The van der Waals surface area contributed by atoms with Gasteiger partial charge in [-0.3, -0.25) is 9.59 Å². The Morgan fingerprint density at radius 2 is 1.00 bits per heavy atom. The fourth-order valence-electron chi connectivity index (χ4n) is 10.9. The van der Waals surface area contributed by atoms with E-state index < -0.39 is 40.4 Å². The first-order chi connectivity index (χ1) is 34.4. The van der Waals surface area contributed by atoms with Crippen molar-refractivity contribution in [2.45, 2.75) is 178 Å². The van der Waals surface area contributed by atoms with Gasteiger partial charge in [0.05, 0.1) is 9.79 Å². The third-order valence-electron chi connectivity index (χ3n) is 14.9. The van der Waals surface area contributed by atoms with Crippen LogP contribution in [0.15, 0.2) is 119 Å². The van der Waals surface area contributed by atoms with Gasteiger partial charge < -0.3 is 14.2 Å². The van der Waals surface area contributed by atoms with Crippen molar-refractivity contribution in [3.05, 3.63) is 120 Å². The van der Waals surface area contributed by atoms with Gasteiger partial charge in [-0.05, 0) is 98.5 Å². The first kappa shape index (κ1) is 57.1. The maximum atomic E-state index is 14.9. The van der Waals surface area contributed by atoms with Gasteiger partial charge in [-0.15, -0.1) is 0 Å². The maximum Gasteiger partial charge on any atom is 0.261 e. The first-order valence-corrected chi connectivity index (χ1v) is 31.7. The van der Waals surface area contributed by atoms with Crippen LogP contribution in [-0.2, 0) is 34.1 Å². The van der Waals surface area contributed by atoms with Gasteiger partial charge in [-0.25, -0.2) is 16.8 Å². The largest absolute Gasteiger partial charge is 0.404 e. The first-order valence-electron chi connectivity index (χ1n) is 26.9. The zero-order valence-corrected chi connectivity index (χ0v) is 47.1. The monoisotopic (exact) mass is 1040 g/mol. The smallest absolute Gasteiger partial charge is 0.261 e. The van der Waals surface area contributed by atoms with Crippen LogP contribution in [0.25, 0.3) is 0 Å². The Labute approximate surface area is 435 Å². The number of amides is 2. The standard InChI is InChI=1S/C58H84N4O7S2Si/c1-8-10-14-24-49-45-56(63)59(40-22-42-61(49)70(65,66)52-34-30-47(3)31-35-52)38-20-21-39-60-41-23-43-62(71(67,68)53-36-32-48(4)33-37-53)50(46-57(60)64)44-51(25-15-11-9-2)69-72(58(5,6)7,54-26-16-12-17-27-54)55-28-18-13-19-29-55/h12-13,16-19,26-37,49-51H,8-11,14-15,20-25,38-46H2,1-7H3/t49-,50-,51-/m1/s1. The van der Waals surface area contributed by atoms with Gasteiger partial charge in [0, 0.05) is 70.3 Å². The van der Waals surface area contributed by atoms with Gasteiger partial charge in [0.2, 0.25) is 31.9 Å². The quantitative estimate of drug-likeness (QED) is 0.0535. The lowest BCUT2D eigenvalue weighted by Gasteiger charge is -2.46. The van der Waals surface area contributed by atoms with Crippen molar-refractivity contribution in [1.29, 1.82) is 0 Å². The molecule has 0 unspecified atom stereocenters. The van der Waals surface area contributed by atoms with Crippen LogP contribution < -0.4 is 10.4 Å². The van der Waals surface area contributed by atoms with Crippen LogP contribution in [0.2, 0.25) is 5.04 Å². The fourth-order valence-corrected chi connectivity index (χ4v) is 19.0. The Morgan fingerprint density at radius 1 is 0.569 bits per heavy atom. The van der Waals surface area contributed by atoms with E-state index in [2.05, 4.69) is 83.1 Å². The van der Waals surface area contributed by atoms with Crippen LogP contribution >= 0.6 is 0 Å². The number of carbonyl (C=O) groups is 2. The number of carbonyl (C=O) groups excluding carboxylic acids is 2. The molecular weight excluding hydrogens is 957 g/mol. The Morgan fingerprint density at radius 3 is 1.44 bits per heavy atom. The van der Waals surface area contributed by atoms with Crippen molar-refractivity contribution in [2.24, 2.45) is 0 Å². The second-order valence-corrected chi connectivity index (χ2v) is 29.4. The number of hydrogen-bond acceptors (Lipinski definition) is 7. The molecule has 72 heavy (non-hydrogen) atoms. The molecule has 2 fully saturated rings. The van der Waals surface area contributed by atoms with E-state index >= 15 is 0 Å². The van der Waals surface area contributed by atoms with E-state index in [0.29, 0.717) is 71.2 Å². The van der Waals surface area contributed by atoms with E-state index in [1.54, 1.807) is 32.9 Å². The lowest BCUT2D eigenvalue weighted by Crippen LogP contribution is -2.68. The van der Waals surface area contributed by atoms with Crippen molar-refractivity contribution in [3.63, 3.8) is 0 Å². The van der Waals surface area contributed by atoms with Gasteiger partial charge in [0.25, 0.3) is 8.32 Å². The van der Waals surface area contributed by atoms with Gasteiger partial charge in [-0.1, -0.05) is 169 Å². The van der Waals surface area contributed by atoms with Crippen molar-refractivity contribution in [2.75, 3.05) is 39.3 Å². The highest BCUT2D eigenvalue weighted by atomic mass is 32.2. The van der Waals surface area contributed by atoms with Crippen LogP contribution in [0.3, 0.4) is 0 Å². The third-order valence-corrected chi connectivity index (χ3v) is 23.9. The molecule has 2 aliphatic heterocycles. The van der Waals surface area contributed by atoms with Gasteiger partial charge in [0.15, 0.2) is 0 Å². The summed E-state index contributed by atoms with van der Waals surface area (Å²) in [6.45, 7) is 17.5. The van der Waals surface area contributed by atoms with Crippen LogP contribution in [-0.4, -0.2) is 113 Å². The Hall–Kier alpha value is -4.18. The predicted octanol–water partition coefficient (Wildman–Crippen LogP) is 10.2. The van der Waals surface area contributed by atoms with E-state index in [1.807, 2.05) is 60.0 Å². The number of benzene rings is 4. The van der Waals surface area contributed by atoms with Crippen LogP contribution in [0.5, 0.6) is 0 Å². The number of aryl methyl sites for hydroxylation is 2. The summed E-state index contributed by atoms with van der Waals surface area (Å²) in [5.41, 5.74) is 1.96. The Kier molecular flexibility index (Phi) is 20.9. The molecule has 2 amide bonds. The minimum absolute atomic E-state index is 0.0332. The topological polar surface area (TPSA) is 125 Å². The SMILES string of the molecule is CCCCC[C@H](C[C@@H]1CC(=O)N(CCCCN2CCCN(S(=O)(=O)c3ccc(C)cc3)[C@H](CCCCC)CC2=O)CCCN1S(=O)(=O)c1ccc(C)cc1)O[Si](c1ccccc1)(c1ccccc1)C(C)(C)C. The van der Waals surface area contributed by atoms with Crippen molar-refractivity contribution in [3.8, 4) is 0 Å². The maximum absolute atomic E-state index is 14.9. The average Bonchev–Trinajstić information content (AvgIpc) is 3.34. The lowest BCUT2D eigenvalue weighted by molar-refractivity contribution is -0.134. The number of rotatable bonds is 23. The Bertz CT molecular complexity index is 2500. The molecule has 0 aliphatic carbocycles. The van der Waals surface area contributed by atoms with Gasteiger partial charge in [0.1, 0.15) is 0 Å². The number of nitrogens with zero attached hydrogens (tertiary/aromatic N) is 4. The van der Waals surface area contributed by atoms with E-state index in [4.69, 9.17) is 4.43 Å². The lowest BCUT2D eigenvalue weighted by atomic mass is 9.99. The average molecular weight is 1040 g/mol. The van der Waals surface area contributed by atoms with Crippen molar-refractivity contribution in [1.82, 2.24) is 18.4 Å². The molecule has 3 atom stereocenters. The minimum atomic E-state index is -3.99. The Balaban J connectivity index is 1.21. The molecule has 0 saturated carbocycles. The molecule has 2 aliphatic rings. The van der Waals surface area contributed by atoms with Crippen LogP contribution in [0.4, 0.5) is 0 Å². The predicted molar refractivity (Wildman–Crippen MR) is 294 cm³/mol. The molecule has 6 rings (SSSR count). The molecule has 11 nitrogen and oxygen atoms in total. The van der Waals surface area contributed by atoms with Gasteiger partial charge >= 0.3 is 0 Å². The molecule has 0 bridgehead atoms. The molecule has 394 valence electrons. The normalized spacial score (nSPS) is 18.9. The van der Waals surface area contributed by atoms with Crippen LogP contribution in [0, 0.1) is 13.8 Å². The summed E-state index contributed by atoms with van der Waals surface area (Å²) in [7, 11) is -10.8. The molecule has 0 radical (unpaired) electrons. The zero-order chi connectivity index (χ0) is 51.9. The summed E-state index contributed by atoms with van der Waals surface area (Å²) in [6.07, 6.45) is 9.74. The minimum Gasteiger partial charge on any atom is -0.404 e. The summed E-state index contributed by atoms with van der Waals surface area (Å²) in [5, 5.41) is 2.02. The molecule has 2 saturated heterocycles. The second kappa shape index (κ2) is 26.3. The van der Waals surface area contributed by atoms with E-state index in [9.17, 15) is 26.4 Å². The summed E-state index contributed by atoms with van der Waals surface area (Å²) in [6, 6.07) is 34.0. The second-order valence-electron chi connectivity index (χ2n) is 21.4. The third kappa shape index (κ3) is 14.3. The van der Waals surface area contributed by atoms with E-state index in [0.717, 1.165) is 66.4 Å². The molecule has 4 aromatic carbocycles. The highest BCUT2D eigenvalue weighted by molar-refractivity contribution is 7.89. The summed E-state index contributed by atoms with van der Waals surface area (Å²) in [5.74, 6) is -0.108. The summed E-state index contributed by atoms with van der Waals surface area (Å²) in [4.78, 5) is 33.0. The van der Waals surface area contributed by atoms with Crippen molar-refractivity contribution < 1.29 is 30.9 Å². The summed E-state index contributed by atoms with van der Waals surface area (Å²) >= 11 is 0. The van der Waals surface area contributed by atoms with Crippen molar-refractivity contribution >= 4 is 50.6 Å². The summed E-state index contributed by atoms with van der Waals surface area (Å²) < 4.78 is 68.8. The fraction of sp³-hybridized carbons (Fsp3) is 0.552. The molecule has 0 N–H and O–H groups in total. The number of sulfonamides is 2. The molecule has 4 aromatic rings. The molecular formula is C58H84N4O7S2Si. The molecule has 0 spiro atoms. The van der Waals surface area contributed by atoms with Gasteiger partial charge in [-0.2, -0.15) is 8.61 Å². The van der Waals surface area contributed by atoms with E-state index in [-0.39, 0.29) is 52.1 Å².